The lowest BCUT2D eigenvalue weighted by molar-refractivity contribution is 0.550. The van der Waals surface area contributed by atoms with Gasteiger partial charge < -0.3 is 5.32 Å². The van der Waals surface area contributed by atoms with Crippen molar-refractivity contribution >= 4 is 11.3 Å². The molecular formula is C15H21N3S. The molecule has 0 aliphatic heterocycles. The lowest BCUT2D eigenvalue weighted by atomic mass is 10.1. The predicted molar refractivity (Wildman–Crippen MR) is 81.3 cm³/mol. The molecule has 0 aliphatic carbocycles. The van der Waals surface area contributed by atoms with Crippen molar-refractivity contribution in [2.24, 2.45) is 5.92 Å². The van der Waals surface area contributed by atoms with Crippen LogP contribution in [-0.2, 0) is 13.0 Å². The molecule has 1 aromatic heterocycles. The number of aromatic nitrogens is 2. The summed E-state index contributed by atoms with van der Waals surface area (Å²) in [5.74, 6) is 0.661. The van der Waals surface area contributed by atoms with Crippen LogP contribution >= 0.6 is 11.3 Å². The molecule has 1 aromatic carbocycles. The molecule has 102 valence electrons. The van der Waals surface area contributed by atoms with Crippen LogP contribution in [0.1, 0.15) is 31.3 Å². The first kappa shape index (κ1) is 14.2. The van der Waals surface area contributed by atoms with Gasteiger partial charge in [-0.05, 0) is 24.4 Å². The molecular weight excluding hydrogens is 254 g/mol. The van der Waals surface area contributed by atoms with Crippen LogP contribution in [0.15, 0.2) is 24.3 Å². The summed E-state index contributed by atoms with van der Waals surface area (Å²) in [5.41, 5.74) is 2.51. The third kappa shape index (κ3) is 4.11. The normalized spacial score (nSPS) is 11.2. The number of hydrogen-bond acceptors (Lipinski definition) is 4. The van der Waals surface area contributed by atoms with E-state index in [-0.39, 0.29) is 0 Å². The van der Waals surface area contributed by atoms with Crippen LogP contribution in [0.3, 0.4) is 0 Å². The number of rotatable bonds is 6. The van der Waals surface area contributed by atoms with Crippen molar-refractivity contribution in [2.45, 2.75) is 33.7 Å². The lowest BCUT2D eigenvalue weighted by Gasteiger charge is -2.04. The van der Waals surface area contributed by atoms with Crippen molar-refractivity contribution in [1.82, 2.24) is 15.5 Å². The standard InChI is InChI=1S/C15H21N3S/c1-4-12-5-7-13(8-6-12)15-18-17-14(19-15)10-16-9-11(2)3/h5-8,11,16H,4,9-10H2,1-3H3. The average molecular weight is 275 g/mol. The molecule has 19 heavy (non-hydrogen) atoms. The molecule has 0 amide bonds. The minimum Gasteiger partial charge on any atom is -0.310 e. The van der Waals surface area contributed by atoms with Gasteiger partial charge in [-0.3, -0.25) is 0 Å². The summed E-state index contributed by atoms with van der Waals surface area (Å²) in [6, 6.07) is 8.58. The third-order valence-corrected chi connectivity index (χ3v) is 3.88. The van der Waals surface area contributed by atoms with Gasteiger partial charge in [-0.2, -0.15) is 0 Å². The van der Waals surface area contributed by atoms with Crippen LogP contribution in [-0.4, -0.2) is 16.7 Å². The molecule has 2 aromatic rings. The predicted octanol–water partition coefficient (Wildman–Crippen LogP) is 3.51. The van der Waals surface area contributed by atoms with Crippen molar-refractivity contribution in [3.8, 4) is 10.6 Å². The Kier molecular flexibility index (Phi) is 5.05. The molecule has 0 fully saturated rings. The summed E-state index contributed by atoms with van der Waals surface area (Å²) in [6.07, 6.45) is 1.07. The zero-order valence-corrected chi connectivity index (χ0v) is 12.6. The van der Waals surface area contributed by atoms with Crippen molar-refractivity contribution in [1.29, 1.82) is 0 Å². The van der Waals surface area contributed by atoms with E-state index in [2.05, 4.69) is 60.6 Å². The molecule has 0 saturated heterocycles. The smallest absolute Gasteiger partial charge is 0.147 e. The highest BCUT2D eigenvalue weighted by Crippen LogP contribution is 2.23. The average Bonchev–Trinajstić information content (AvgIpc) is 2.87. The fourth-order valence-electron chi connectivity index (χ4n) is 1.79. The van der Waals surface area contributed by atoms with Crippen LogP contribution in [0.5, 0.6) is 0 Å². The Morgan fingerprint density at radius 3 is 2.53 bits per heavy atom. The number of aryl methyl sites for hydroxylation is 1. The second-order valence-electron chi connectivity index (χ2n) is 5.08. The Bertz CT molecular complexity index is 502. The molecule has 2 rings (SSSR count). The van der Waals surface area contributed by atoms with Crippen LogP contribution in [0.4, 0.5) is 0 Å². The van der Waals surface area contributed by atoms with Crippen molar-refractivity contribution in [3.63, 3.8) is 0 Å². The first-order valence-electron chi connectivity index (χ1n) is 6.81. The van der Waals surface area contributed by atoms with E-state index in [0.29, 0.717) is 5.92 Å². The largest absolute Gasteiger partial charge is 0.310 e. The van der Waals surface area contributed by atoms with Crippen LogP contribution in [0.2, 0.25) is 0 Å². The molecule has 4 heteroatoms. The molecule has 0 radical (unpaired) electrons. The molecule has 0 aliphatic rings. The summed E-state index contributed by atoms with van der Waals surface area (Å²) >= 11 is 1.67. The summed E-state index contributed by atoms with van der Waals surface area (Å²) in [5, 5.41) is 14.0. The van der Waals surface area contributed by atoms with E-state index in [1.807, 2.05) is 0 Å². The first-order valence-corrected chi connectivity index (χ1v) is 7.63. The summed E-state index contributed by atoms with van der Waals surface area (Å²) in [4.78, 5) is 0. The zero-order chi connectivity index (χ0) is 13.7. The number of benzene rings is 1. The van der Waals surface area contributed by atoms with E-state index in [1.54, 1.807) is 11.3 Å². The van der Waals surface area contributed by atoms with Gasteiger partial charge in [0.1, 0.15) is 10.0 Å². The maximum absolute atomic E-state index is 4.27. The Balaban J connectivity index is 1.99. The van der Waals surface area contributed by atoms with Crippen molar-refractivity contribution < 1.29 is 0 Å². The highest BCUT2D eigenvalue weighted by atomic mass is 32.1. The number of hydrogen-bond donors (Lipinski definition) is 1. The van der Waals surface area contributed by atoms with E-state index in [9.17, 15) is 0 Å². The van der Waals surface area contributed by atoms with Gasteiger partial charge in [-0.25, -0.2) is 0 Å². The molecule has 0 saturated carbocycles. The molecule has 0 unspecified atom stereocenters. The Hall–Kier alpha value is -1.26. The van der Waals surface area contributed by atoms with Gasteiger partial charge in [-0.15, -0.1) is 10.2 Å². The van der Waals surface area contributed by atoms with E-state index in [0.717, 1.165) is 35.1 Å². The number of nitrogens with one attached hydrogen (secondary N) is 1. The maximum Gasteiger partial charge on any atom is 0.147 e. The van der Waals surface area contributed by atoms with Gasteiger partial charge in [0.15, 0.2) is 0 Å². The van der Waals surface area contributed by atoms with Crippen molar-refractivity contribution in [2.75, 3.05) is 6.54 Å². The molecule has 1 N–H and O–H groups in total. The molecule has 0 bridgehead atoms. The van der Waals surface area contributed by atoms with E-state index in [1.165, 1.54) is 5.56 Å². The second-order valence-corrected chi connectivity index (χ2v) is 6.14. The third-order valence-electron chi connectivity index (χ3n) is 2.90. The van der Waals surface area contributed by atoms with E-state index >= 15 is 0 Å². The van der Waals surface area contributed by atoms with Gasteiger partial charge in [0.05, 0.1) is 0 Å². The van der Waals surface area contributed by atoms with Crippen LogP contribution < -0.4 is 5.32 Å². The van der Waals surface area contributed by atoms with Gasteiger partial charge in [-0.1, -0.05) is 56.4 Å². The van der Waals surface area contributed by atoms with Gasteiger partial charge in [0, 0.05) is 12.1 Å². The number of nitrogens with zero attached hydrogens (tertiary/aromatic N) is 2. The fraction of sp³-hybridized carbons (Fsp3) is 0.467. The second kappa shape index (κ2) is 6.78. The summed E-state index contributed by atoms with van der Waals surface area (Å²) < 4.78 is 0. The molecule has 0 spiro atoms. The van der Waals surface area contributed by atoms with Crippen LogP contribution in [0.25, 0.3) is 10.6 Å². The van der Waals surface area contributed by atoms with Crippen molar-refractivity contribution in [3.05, 3.63) is 34.8 Å². The first-order chi connectivity index (χ1) is 9.19. The lowest BCUT2D eigenvalue weighted by Crippen LogP contribution is -2.18. The quantitative estimate of drug-likeness (QED) is 0.876. The van der Waals surface area contributed by atoms with E-state index < -0.39 is 0 Å². The summed E-state index contributed by atoms with van der Waals surface area (Å²) in [7, 11) is 0. The maximum atomic E-state index is 4.27. The Labute approximate surface area is 119 Å². The summed E-state index contributed by atoms with van der Waals surface area (Å²) in [6.45, 7) is 8.39. The zero-order valence-electron chi connectivity index (χ0n) is 11.8. The fourth-order valence-corrected chi connectivity index (χ4v) is 2.61. The topological polar surface area (TPSA) is 37.8 Å². The molecule has 3 nitrogen and oxygen atoms in total. The van der Waals surface area contributed by atoms with Gasteiger partial charge >= 0.3 is 0 Å². The molecule has 0 atom stereocenters. The minimum atomic E-state index is 0.661. The van der Waals surface area contributed by atoms with E-state index in [4.69, 9.17) is 0 Å². The Morgan fingerprint density at radius 1 is 1.16 bits per heavy atom. The highest BCUT2D eigenvalue weighted by molar-refractivity contribution is 7.14. The minimum absolute atomic E-state index is 0.661. The van der Waals surface area contributed by atoms with Crippen LogP contribution in [0, 0.1) is 5.92 Å². The van der Waals surface area contributed by atoms with Gasteiger partial charge in [0.25, 0.3) is 0 Å². The monoisotopic (exact) mass is 275 g/mol. The van der Waals surface area contributed by atoms with Gasteiger partial charge in [0.2, 0.25) is 0 Å². The molecule has 1 heterocycles. The SMILES string of the molecule is CCc1ccc(-c2nnc(CNCC(C)C)s2)cc1. The highest BCUT2D eigenvalue weighted by Gasteiger charge is 2.06. The Morgan fingerprint density at radius 2 is 1.89 bits per heavy atom.